The Kier molecular flexibility index (Phi) is 6.80. The van der Waals surface area contributed by atoms with Gasteiger partial charge in [-0.1, -0.05) is 30.3 Å². The van der Waals surface area contributed by atoms with Gasteiger partial charge in [-0.25, -0.2) is 4.79 Å². The van der Waals surface area contributed by atoms with Gasteiger partial charge >= 0.3 is 5.97 Å². The number of rotatable bonds is 9. The van der Waals surface area contributed by atoms with Crippen molar-refractivity contribution in [2.45, 2.75) is 13.1 Å². The smallest absolute Gasteiger partial charge is 0.339 e. The maximum Gasteiger partial charge on any atom is 0.339 e. The molecule has 3 aromatic carbocycles. The summed E-state index contributed by atoms with van der Waals surface area (Å²) < 4.78 is 16.0. The third-order valence-corrected chi connectivity index (χ3v) is 4.86. The summed E-state index contributed by atoms with van der Waals surface area (Å²) in [5, 5.41) is 9.59. The van der Waals surface area contributed by atoms with Crippen molar-refractivity contribution >= 4 is 11.7 Å². The van der Waals surface area contributed by atoms with E-state index < -0.39 is 5.97 Å². The predicted molar refractivity (Wildman–Crippen MR) is 116 cm³/mol. The van der Waals surface area contributed by atoms with Crippen molar-refractivity contribution in [3.63, 3.8) is 0 Å². The Morgan fingerprint density at radius 1 is 0.833 bits per heavy atom. The Hall–Kier alpha value is -3.67. The third kappa shape index (κ3) is 4.84. The Morgan fingerprint density at radius 3 is 2.17 bits per heavy atom. The van der Waals surface area contributed by atoms with Gasteiger partial charge in [0.2, 0.25) is 0 Å². The molecule has 0 radical (unpaired) electrons. The fraction of sp³-hybridized carbons (Fsp3) is 0.208. The first-order chi connectivity index (χ1) is 14.5. The van der Waals surface area contributed by atoms with E-state index in [0.29, 0.717) is 18.8 Å². The first-order valence-electron chi connectivity index (χ1n) is 9.46. The topological polar surface area (TPSA) is 68.2 Å². The summed E-state index contributed by atoms with van der Waals surface area (Å²) in [4.78, 5) is 13.8. The Balaban J connectivity index is 2.00. The highest BCUT2D eigenvalue weighted by atomic mass is 16.5. The van der Waals surface area contributed by atoms with Gasteiger partial charge < -0.3 is 24.2 Å². The molecule has 6 nitrogen and oxygen atoms in total. The summed E-state index contributed by atoms with van der Waals surface area (Å²) in [5.41, 5.74) is 2.96. The van der Waals surface area contributed by atoms with Crippen LogP contribution in [-0.4, -0.2) is 32.4 Å². The van der Waals surface area contributed by atoms with Crippen LogP contribution in [0.15, 0.2) is 66.7 Å². The van der Waals surface area contributed by atoms with Crippen LogP contribution in [-0.2, 0) is 13.1 Å². The minimum absolute atomic E-state index is 0.120. The van der Waals surface area contributed by atoms with Crippen molar-refractivity contribution in [3.05, 3.63) is 83.4 Å². The molecule has 0 aliphatic rings. The lowest BCUT2D eigenvalue weighted by Crippen LogP contribution is -2.23. The van der Waals surface area contributed by atoms with Crippen molar-refractivity contribution in [2.75, 3.05) is 26.2 Å². The van der Waals surface area contributed by atoms with E-state index in [1.165, 1.54) is 7.11 Å². The van der Waals surface area contributed by atoms with Crippen molar-refractivity contribution in [1.82, 2.24) is 0 Å². The summed E-state index contributed by atoms with van der Waals surface area (Å²) in [5.74, 6) is 0.861. The number of para-hydroxylation sites is 1. The number of anilines is 1. The summed E-state index contributed by atoms with van der Waals surface area (Å²) in [6, 6.07) is 20.8. The Morgan fingerprint density at radius 2 is 1.53 bits per heavy atom. The molecule has 0 saturated heterocycles. The number of ether oxygens (including phenoxy) is 3. The number of carboxylic acid groups (broad SMARTS) is 1. The molecule has 0 unspecified atom stereocenters. The molecule has 0 amide bonds. The molecular formula is C24H25NO5. The van der Waals surface area contributed by atoms with Gasteiger partial charge in [0.25, 0.3) is 0 Å². The second kappa shape index (κ2) is 9.69. The van der Waals surface area contributed by atoms with Crippen LogP contribution in [0.4, 0.5) is 5.69 Å². The normalized spacial score (nSPS) is 10.4. The number of aromatic carboxylic acids is 1. The lowest BCUT2D eigenvalue weighted by atomic mass is 10.1. The van der Waals surface area contributed by atoms with Crippen LogP contribution in [0, 0.1) is 0 Å². The number of hydrogen-bond donors (Lipinski definition) is 1. The molecule has 0 spiro atoms. The van der Waals surface area contributed by atoms with Crippen LogP contribution < -0.4 is 19.1 Å². The summed E-state index contributed by atoms with van der Waals surface area (Å²) in [7, 11) is 4.74. The minimum atomic E-state index is -1.03. The maximum atomic E-state index is 11.7. The number of benzene rings is 3. The summed E-state index contributed by atoms with van der Waals surface area (Å²) in [6.45, 7) is 1.12. The van der Waals surface area contributed by atoms with Gasteiger partial charge in [-0.15, -0.1) is 0 Å². The number of carbonyl (C=O) groups is 1. The molecule has 3 rings (SSSR count). The quantitative estimate of drug-likeness (QED) is 0.558. The highest BCUT2D eigenvalue weighted by Crippen LogP contribution is 2.29. The van der Waals surface area contributed by atoms with E-state index in [-0.39, 0.29) is 5.56 Å². The van der Waals surface area contributed by atoms with E-state index >= 15 is 0 Å². The molecule has 30 heavy (non-hydrogen) atoms. The van der Waals surface area contributed by atoms with E-state index in [1.54, 1.807) is 26.4 Å². The fourth-order valence-corrected chi connectivity index (χ4v) is 3.29. The zero-order valence-electron chi connectivity index (χ0n) is 17.3. The predicted octanol–water partition coefficient (Wildman–Crippen LogP) is 4.62. The van der Waals surface area contributed by atoms with Gasteiger partial charge in [0.15, 0.2) is 0 Å². The molecule has 0 atom stereocenters. The van der Waals surface area contributed by atoms with E-state index in [2.05, 4.69) is 4.90 Å². The monoisotopic (exact) mass is 407 g/mol. The van der Waals surface area contributed by atoms with Gasteiger partial charge in [0.1, 0.15) is 22.8 Å². The van der Waals surface area contributed by atoms with Crippen LogP contribution in [0.2, 0.25) is 0 Å². The van der Waals surface area contributed by atoms with Crippen molar-refractivity contribution in [1.29, 1.82) is 0 Å². The van der Waals surface area contributed by atoms with Crippen molar-refractivity contribution < 1.29 is 24.1 Å². The van der Waals surface area contributed by atoms with Crippen LogP contribution >= 0.6 is 0 Å². The number of nitrogens with zero attached hydrogens (tertiary/aromatic N) is 1. The number of methoxy groups -OCH3 is 3. The highest BCUT2D eigenvalue weighted by Gasteiger charge is 2.17. The first-order valence-corrected chi connectivity index (χ1v) is 9.46. The molecule has 0 aromatic heterocycles. The van der Waals surface area contributed by atoms with Gasteiger partial charge in [0, 0.05) is 24.3 Å². The van der Waals surface area contributed by atoms with Gasteiger partial charge in [-0.05, 0) is 42.0 Å². The first kappa shape index (κ1) is 21.0. The average molecular weight is 407 g/mol. The summed E-state index contributed by atoms with van der Waals surface area (Å²) >= 11 is 0. The maximum absolute atomic E-state index is 11.7. The fourth-order valence-electron chi connectivity index (χ4n) is 3.29. The second-order valence-electron chi connectivity index (χ2n) is 6.71. The largest absolute Gasteiger partial charge is 0.497 e. The lowest BCUT2D eigenvalue weighted by molar-refractivity contribution is 0.0693. The standard InChI is InChI=1S/C24H25NO5/c1-28-20-11-8-17(9-12-20)15-25(16-18-6-4-5-7-22(18)29-2)19-10-13-23(30-3)21(14-19)24(26)27/h4-14H,15-16H2,1-3H3,(H,26,27). The van der Waals surface area contributed by atoms with E-state index in [4.69, 9.17) is 14.2 Å². The number of carboxylic acids is 1. The van der Waals surface area contributed by atoms with Gasteiger partial charge in [-0.3, -0.25) is 0 Å². The molecule has 0 fully saturated rings. The molecule has 156 valence electrons. The zero-order chi connectivity index (χ0) is 21.5. The average Bonchev–Trinajstić information content (AvgIpc) is 2.79. The lowest BCUT2D eigenvalue weighted by Gasteiger charge is -2.27. The van der Waals surface area contributed by atoms with Crippen molar-refractivity contribution in [3.8, 4) is 17.2 Å². The molecule has 0 saturated carbocycles. The molecule has 1 N–H and O–H groups in total. The molecular weight excluding hydrogens is 382 g/mol. The molecule has 0 aliphatic carbocycles. The van der Waals surface area contributed by atoms with Crippen LogP contribution in [0.1, 0.15) is 21.5 Å². The van der Waals surface area contributed by atoms with Crippen molar-refractivity contribution in [2.24, 2.45) is 0 Å². The summed E-state index contributed by atoms with van der Waals surface area (Å²) in [6.07, 6.45) is 0. The van der Waals surface area contributed by atoms with Crippen LogP contribution in [0.5, 0.6) is 17.2 Å². The SMILES string of the molecule is COc1ccc(CN(Cc2ccccc2OC)c2ccc(OC)c(C(=O)O)c2)cc1. The Labute approximate surface area is 176 Å². The van der Waals surface area contributed by atoms with Gasteiger partial charge in [0.05, 0.1) is 21.3 Å². The third-order valence-electron chi connectivity index (χ3n) is 4.86. The van der Waals surface area contributed by atoms with Gasteiger partial charge in [-0.2, -0.15) is 0 Å². The molecule has 3 aromatic rings. The molecule has 6 heteroatoms. The van der Waals surface area contributed by atoms with Crippen LogP contribution in [0.3, 0.4) is 0 Å². The molecule has 0 bridgehead atoms. The van der Waals surface area contributed by atoms with Crippen LogP contribution in [0.25, 0.3) is 0 Å². The van der Waals surface area contributed by atoms with E-state index in [1.807, 2.05) is 54.6 Å². The zero-order valence-corrected chi connectivity index (χ0v) is 17.3. The second-order valence-corrected chi connectivity index (χ2v) is 6.71. The number of hydrogen-bond acceptors (Lipinski definition) is 5. The molecule has 0 aliphatic heterocycles. The molecule has 0 heterocycles. The Bertz CT molecular complexity index is 1000. The van der Waals surface area contributed by atoms with E-state index in [0.717, 1.165) is 28.3 Å². The highest BCUT2D eigenvalue weighted by molar-refractivity contribution is 5.92. The minimum Gasteiger partial charge on any atom is -0.497 e. The van der Waals surface area contributed by atoms with E-state index in [9.17, 15) is 9.90 Å².